The number of imidazole rings is 1. The molecule has 0 unspecified atom stereocenters. The van der Waals surface area contributed by atoms with Gasteiger partial charge in [0.15, 0.2) is 0 Å². The summed E-state index contributed by atoms with van der Waals surface area (Å²) in [5.74, 6) is 1.04. The van der Waals surface area contributed by atoms with Gasteiger partial charge < -0.3 is 9.88 Å². The van der Waals surface area contributed by atoms with Crippen molar-refractivity contribution in [1.82, 2.24) is 19.3 Å². The van der Waals surface area contributed by atoms with Gasteiger partial charge in [-0.2, -0.15) is 0 Å². The molecule has 0 spiro atoms. The summed E-state index contributed by atoms with van der Waals surface area (Å²) in [6, 6.07) is 3.50. The van der Waals surface area contributed by atoms with Crippen LogP contribution >= 0.6 is 11.6 Å². The number of carbonyl (C=O) groups is 1. The predicted molar refractivity (Wildman–Crippen MR) is 111 cm³/mol. The number of halogens is 1. The number of piperidine rings is 1. The third-order valence-corrected chi connectivity index (χ3v) is 6.13. The van der Waals surface area contributed by atoms with Crippen LogP contribution in [0.15, 0.2) is 23.1 Å². The number of hydrogen-bond acceptors (Lipinski definition) is 3. The highest BCUT2D eigenvalue weighted by Crippen LogP contribution is 2.29. The Bertz CT molecular complexity index is 1090. The minimum Gasteiger partial charge on any atom is -0.339 e. The summed E-state index contributed by atoms with van der Waals surface area (Å²) < 4.78 is 1.90. The first kappa shape index (κ1) is 19.0. The second-order valence-electron chi connectivity index (χ2n) is 7.51. The van der Waals surface area contributed by atoms with Gasteiger partial charge in [0.25, 0.3) is 11.5 Å². The van der Waals surface area contributed by atoms with E-state index < -0.39 is 0 Å². The number of benzene rings is 1. The molecule has 0 radical (unpaired) electrons. The maximum atomic E-state index is 13.0. The number of hydrogen-bond donors (Lipinski definition) is 1. The van der Waals surface area contributed by atoms with Gasteiger partial charge in [-0.05, 0) is 44.2 Å². The Balaban J connectivity index is 1.91. The molecular formula is C21H25ClN4O2. The van der Waals surface area contributed by atoms with Crippen LogP contribution in [0.25, 0.3) is 16.6 Å². The molecule has 1 N–H and O–H groups in total. The van der Waals surface area contributed by atoms with Gasteiger partial charge in [-0.25, -0.2) is 4.98 Å². The van der Waals surface area contributed by atoms with Crippen LogP contribution in [-0.4, -0.2) is 38.3 Å². The van der Waals surface area contributed by atoms with Gasteiger partial charge in [-0.15, -0.1) is 0 Å². The molecule has 3 heterocycles. The molecule has 1 aliphatic heterocycles. The Morgan fingerprint density at radius 3 is 2.57 bits per heavy atom. The van der Waals surface area contributed by atoms with Crippen molar-refractivity contribution >= 4 is 34.1 Å². The van der Waals surface area contributed by atoms with Crippen LogP contribution in [0.2, 0.25) is 5.02 Å². The third-order valence-electron chi connectivity index (χ3n) is 5.82. The molecule has 0 saturated carbocycles. The van der Waals surface area contributed by atoms with Gasteiger partial charge in [0.05, 0.1) is 27.8 Å². The summed E-state index contributed by atoms with van der Waals surface area (Å²) in [5, 5.41) is 0.403. The summed E-state index contributed by atoms with van der Waals surface area (Å²) in [5.41, 5.74) is 2.10. The van der Waals surface area contributed by atoms with Crippen LogP contribution in [-0.2, 0) is 0 Å². The average Bonchev–Trinajstić information content (AvgIpc) is 3.15. The minimum absolute atomic E-state index is 0.0709. The van der Waals surface area contributed by atoms with Crippen LogP contribution in [0.5, 0.6) is 0 Å². The second-order valence-corrected chi connectivity index (χ2v) is 7.91. The van der Waals surface area contributed by atoms with E-state index in [1.165, 1.54) is 0 Å². The molecule has 1 aromatic carbocycles. The quantitative estimate of drug-likeness (QED) is 0.707. The number of aromatic nitrogens is 3. The van der Waals surface area contributed by atoms with E-state index in [2.05, 4.69) is 23.8 Å². The number of carbonyl (C=O) groups excluding carboxylic acids is 1. The molecule has 4 rings (SSSR count). The van der Waals surface area contributed by atoms with E-state index in [9.17, 15) is 9.59 Å². The summed E-state index contributed by atoms with van der Waals surface area (Å²) in [6.45, 7) is 5.74. The summed E-state index contributed by atoms with van der Waals surface area (Å²) in [6.07, 6.45) is 6.67. The van der Waals surface area contributed by atoms with Gasteiger partial charge in [0.2, 0.25) is 0 Å². The van der Waals surface area contributed by atoms with E-state index >= 15 is 0 Å². The lowest BCUT2D eigenvalue weighted by Gasteiger charge is -2.27. The third kappa shape index (κ3) is 3.09. The topological polar surface area (TPSA) is 70.5 Å². The number of amides is 1. The highest BCUT2D eigenvalue weighted by atomic mass is 35.5. The monoisotopic (exact) mass is 400 g/mol. The molecule has 7 heteroatoms. The van der Waals surface area contributed by atoms with Crippen LogP contribution in [0.3, 0.4) is 0 Å². The van der Waals surface area contributed by atoms with Gasteiger partial charge in [-0.3, -0.25) is 14.0 Å². The molecule has 0 bridgehead atoms. The number of nitrogens with zero attached hydrogens (tertiary/aromatic N) is 3. The lowest BCUT2D eigenvalue weighted by molar-refractivity contribution is 0.0724. The lowest BCUT2D eigenvalue weighted by atomic mass is 10.0. The van der Waals surface area contributed by atoms with Crippen LogP contribution in [0.4, 0.5) is 0 Å². The average molecular weight is 401 g/mol. The molecule has 1 amide bonds. The van der Waals surface area contributed by atoms with E-state index in [-0.39, 0.29) is 17.4 Å². The van der Waals surface area contributed by atoms with Crippen LogP contribution in [0.1, 0.15) is 68.1 Å². The summed E-state index contributed by atoms with van der Waals surface area (Å²) in [7, 11) is 0. The highest BCUT2D eigenvalue weighted by Gasteiger charge is 2.23. The molecule has 0 aliphatic carbocycles. The van der Waals surface area contributed by atoms with Crippen molar-refractivity contribution < 1.29 is 4.79 Å². The number of aromatic amines is 1. The maximum Gasteiger partial charge on any atom is 0.274 e. The van der Waals surface area contributed by atoms with Crippen LogP contribution in [0, 0.1) is 0 Å². The molecule has 148 valence electrons. The smallest absolute Gasteiger partial charge is 0.274 e. The molecule has 1 aliphatic rings. The largest absolute Gasteiger partial charge is 0.339 e. The van der Waals surface area contributed by atoms with Crippen LogP contribution < -0.4 is 5.56 Å². The molecule has 3 aromatic rings. The van der Waals surface area contributed by atoms with Crippen molar-refractivity contribution in [2.24, 2.45) is 0 Å². The first-order valence-electron chi connectivity index (χ1n) is 10.1. The highest BCUT2D eigenvalue weighted by molar-refractivity contribution is 6.34. The molecule has 1 fully saturated rings. The van der Waals surface area contributed by atoms with E-state index in [0.717, 1.165) is 56.5 Å². The number of fused-ring (bicyclic) bond motifs is 3. The fraction of sp³-hybridized carbons (Fsp3) is 0.476. The summed E-state index contributed by atoms with van der Waals surface area (Å²) >= 11 is 6.55. The number of likely N-dealkylation sites (tertiary alicyclic amines) is 1. The van der Waals surface area contributed by atoms with Gasteiger partial charge in [-0.1, -0.05) is 25.4 Å². The molecule has 2 aromatic heterocycles. The van der Waals surface area contributed by atoms with Crippen molar-refractivity contribution in [3.63, 3.8) is 0 Å². The van der Waals surface area contributed by atoms with Gasteiger partial charge >= 0.3 is 0 Å². The number of H-pyrrole nitrogens is 1. The van der Waals surface area contributed by atoms with Gasteiger partial charge in [0, 0.05) is 19.0 Å². The number of nitrogens with one attached hydrogen (secondary N) is 1. The van der Waals surface area contributed by atoms with Crippen molar-refractivity contribution in [1.29, 1.82) is 0 Å². The molecule has 28 heavy (non-hydrogen) atoms. The minimum atomic E-state index is -0.212. The lowest BCUT2D eigenvalue weighted by Crippen LogP contribution is -2.35. The standard InChI is InChI=1S/C21H25ClN4O2/c1-3-13(4-2)19-23-12-18-20(27)24-16-10-14(15(22)11-17(16)26(18)19)21(28)25-8-6-5-7-9-25/h10-13H,3-9H2,1-2H3,(H,24,27). The Morgan fingerprint density at radius 2 is 1.89 bits per heavy atom. The normalized spacial score (nSPS) is 15.1. The Labute approximate surface area is 168 Å². The first-order valence-corrected chi connectivity index (χ1v) is 10.4. The Kier molecular flexibility index (Phi) is 5.15. The zero-order valence-corrected chi connectivity index (χ0v) is 17.1. The van der Waals surface area contributed by atoms with E-state index in [1.807, 2.05) is 9.30 Å². The fourth-order valence-corrected chi connectivity index (χ4v) is 4.43. The van der Waals surface area contributed by atoms with Crippen molar-refractivity contribution in [2.75, 3.05) is 13.1 Å². The van der Waals surface area contributed by atoms with E-state index in [4.69, 9.17) is 11.6 Å². The van der Waals surface area contributed by atoms with Crippen molar-refractivity contribution in [3.05, 3.63) is 45.1 Å². The molecule has 6 nitrogen and oxygen atoms in total. The van der Waals surface area contributed by atoms with Crippen molar-refractivity contribution in [2.45, 2.75) is 51.9 Å². The van der Waals surface area contributed by atoms with E-state index in [0.29, 0.717) is 21.6 Å². The Hall–Kier alpha value is -2.34. The van der Waals surface area contributed by atoms with Gasteiger partial charge in [0.1, 0.15) is 11.3 Å². The zero-order valence-electron chi connectivity index (χ0n) is 16.3. The zero-order chi connectivity index (χ0) is 19.8. The SMILES string of the molecule is CCC(CC)c1ncc2c(=O)[nH]c3cc(C(=O)N4CCCCC4)c(Cl)cc3n12. The van der Waals surface area contributed by atoms with E-state index in [1.54, 1.807) is 18.3 Å². The first-order chi connectivity index (χ1) is 13.5. The summed E-state index contributed by atoms with van der Waals surface area (Å²) in [4.78, 5) is 34.9. The maximum absolute atomic E-state index is 13.0. The predicted octanol–water partition coefficient (Wildman–Crippen LogP) is 4.36. The second kappa shape index (κ2) is 7.59. The molecule has 0 atom stereocenters. The molecular weight excluding hydrogens is 376 g/mol. The fourth-order valence-electron chi connectivity index (χ4n) is 4.19. The number of rotatable bonds is 4. The molecule has 1 saturated heterocycles. The van der Waals surface area contributed by atoms with Crippen molar-refractivity contribution in [3.8, 4) is 0 Å². The Morgan fingerprint density at radius 1 is 1.18 bits per heavy atom.